The molecule has 0 fully saturated rings. The average Bonchev–Trinajstić information content (AvgIpc) is 2.49. The molecule has 1 aliphatic heterocycles. The Kier molecular flexibility index (Phi) is 3.26. The van der Waals surface area contributed by atoms with Crippen molar-refractivity contribution in [1.82, 2.24) is 0 Å². The Morgan fingerprint density at radius 1 is 1.29 bits per heavy atom. The van der Waals surface area contributed by atoms with Gasteiger partial charge in [0.1, 0.15) is 0 Å². The zero-order valence-corrected chi connectivity index (χ0v) is 10.7. The molecule has 0 aliphatic carbocycles. The summed E-state index contributed by atoms with van der Waals surface area (Å²) in [6, 6.07) is 5.20. The van der Waals surface area contributed by atoms with Gasteiger partial charge in [-0.15, -0.1) is 0 Å². The Labute approximate surface area is 101 Å². The maximum atomic E-state index is 11.7. The standard InChI is InChI=1S/C11H16N2O3S/c1-16-8-6-12-9-4-3-5-10(17(2,14)15)11(9)13-7-8/h3-5,8,12-13H,6-7H2,1-2H3. The number of para-hydroxylation sites is 1. The summed E-state index contributed by atoms with van der Waals surface area (Å²) < 4.78 is 28.6. The maximum Gasteiger partial charge on any atom is 0.177 e. The van der Waals surface area contributed by atoms with Crippen LogP contribution in [0.3, 0.4) is 0 Å². The maximum absolute atomic E-state index is 11.7. The van der Waals surface area contributed by atoms with E-state index in [1.54, 1.807) is 19.2 Å². The SMILES string of the molecule is COC1CNc2cccc(S(C)(=O)=O)c2NC1. The number of anilines is 2. The van der Waals surface area contributed by atoms with Crippen molar-refractivity contribution in [2.24, 2.45) is 0 Å². The molecule has 0 radical (unpaired) electrons. The first kappa shape index (κ1) is 12.2. The molecule has 5 nitrogen and oxygen atoms in total. The van der Waals surface area contributed by atoms with Gasteiger partial charge in [0.15, 0.2) is 9.84 Å². The fraction of sp³-hybridized carbons (Fsp3) is 0.455. The van der Waals surface area contributed by atoms with Crippen LogP contribution in [-0.2, 0) is 14.6 Å². The van der Waals surface area contributed by atoms with E-state index in [2.05, 4.69) is 10.6 Å². The van der Waals surface area contributed by atoms with Crippen molar-refractivity contribution in [3.63, 3.8) is 0 Å². The number of fused-ring (bicyclic) bond motifs is 1. The molecule has 0 aromatic heterocycles. The van der Waals surface area contributed by atoms with E-state index in [1.165, 1.54) is 6.26 Å². The monoisotopic (exact) mass is 256 g/mol. The summed E-state index contributed by atoms with van der Waals surface area (Å²) in [5.41, 5.74) is 1.43. The van der Waals surface area contributed by atoms with Crippen molar-refractivity contribution in [2.75, 3.05) is 37.1 Å². The average molecular weight is 256 g/mol. The molecule has 0 saturated heterocycles. The van der Waals surface area contributed by atoms with Gasteiger partial charge >= 0.3 is 0 Å². The fourth-order valence-electron chi connectivity index (χ4n) is 1.85. The normalized spacial score (nSPS) is 19.8. The van der Waals surface area contributed by atoms with Crippen LogP contribution in [0.5, 0.6) is 0 Å². The number of hydrogen-bond acceptors (Lipinski definition) is 5. The minimum absolute atomic E-state index is 0.0230. The number of hydrogen-bond donors (Lipinski definition) is 2. The summed E-state index contributed by atoms with van der Waals surface area (Å²) >= 11 is 0. The molecule has 0 saturated carbocycles. The first-order chi connectivity index (χ1) is 8.02. The number of ether oxygens (including phenoxy) is 1. The molecule has 2 rings (SSSR count). The second-order valence-electron chi connectivity index (χ2n) is 4.07. The quantitative estimate of drug-likeness (QED) is 0.824. The smallest absolute Gasteiger partial charge is 0.177 e. The number of sulfone groups is 1. The van der Waals surface area contributed by atoms with E-state index in [-0.39, 0.29) is 6.10 Å². The molecule has 1 unspecified atom stereocenters. The lowest BCUT2D eigenvalue weighted by atomic mass is 10.2. The van der Waals surface area contributed by atoms with Gasteiger partial charge in [0.25, 0.3) is 0 Å². The van der Waals surface area contributed by atoms with Crippen LogP contribution in [-0.4, -0.2) is 41.0 Å². The van der Waals surface area contributed by atoms with Crippen molar-refractivity contribution < 1.29 is 13.2 Å². The predicted molar refractivity (Wildman–Crippen MR) is 67.3 cm³/mol. The second-order valence-corrected chi connectivity index (χ2v) is 6.05. The number of nitrogens with one attached hydrogen (secondary N) is 2. The molecule has 0 bridgehead atoms. The van der Waals surface area contributed by atoms with E-state index in [4.69, 9.17) is 4.74 Å². The van der Waals surface area contributed by atoms with Crippen LogP contribution in [0.1, 0.15) is 0 Å². The van der Waals surface area contributed by atoms with Crippen LogP contribution < -0.4 is 10.6 Å². The van der Waals surface area contributed by atoms with Gasteiger partial charge in [-0.3, -0.25) is 0 Å². The lowest BCUT2D eigenvalue weighted by Gasteiger charge is -2.12. The van der Waals surface area contributed by atoms with E-state index in [0.29, 0.717) is 23.7 Å². The Morgan fingerprint density at radius 2 is 2.00 bits per heavy atom. The molecular formula is C11H16N2O3S. The minimum Gasteiger partial charge on any atom is -0.381 e. The van der Waals surface area contributed by atoms with Gasteiger partial charge in [-0.1, -0.05) is 6.07 Å². The van der Waals surface area contributed by atoms with Crippen molar-refractivity contribution in [3.8, 4) is 0 Å². The molecule has 1 aromatic carbocycles. The summed E-state index contributed by atoms with van der Waals surface area (Å²) in [6.45, 7) is 1.24. The molecule has 2 N–H and O–H groups in total. The van der Waals surface area contributed by atoms with Gasteiger partial charge in [0, 0.05) is 26.5 Å². The molecule has 17 heavy (non-hydrogen) atoms. The van der Waals surface area contributed by atoms with E-state index in [9.17, 15) is 8.42 Å². The number of rotatable bonds is 2. The van der Waals surface area contributed by atoms with Crippen LogP contribution in [0, 0.1) is 0 Å². The molecule has 1 heterocycles. The molecule has 1 aliphatic rings. The number of benzene rings is 1. The van der Waals surface area contributed by atoms with Crippen LogP contribution in [0.25, 0.3) is 0 Å². The Balaban J connectivity index is 2.43. The van der Waals surface area contributed by atoms with Crippen molar-refractivity contribution in [2.45, 2.75) is 11.0 Å². The van der Waals surface area contributed by atoms with Crippen molar-refractivity contribution in [3.05, 3.63) is 18.2 Å². The van der Waals surface area contributed by atoms with Crippen LogP contribution in [0.15, 0.2) is 23.1 Å². The zero-order chi connectivity index (χ0) is 12.5. The minimum atomic E-state index is -3.23. The number of methoxy groups -OCH3 is 1. The van der Waals surface area contributed by atoms with Crippen molar-refractivity contribution >= 4 is 21.2 Å². The third-order valence-electron chi connectivity index (χ3n) is 2.79. The highest BCUT2D eigenvalue weighted by atomic mass is 32.2. The van der Waals surface area contributed by atoms with Gasteiger partial charge in [-0.2, -0.15) is 0 Å². The highest BCUT2D eigenvalue weighted by molar-refractivity contribution is 7.90. The summed E-state index contributed by atoms with van der Waals surface area (Å²) in [5, 5.41) is 6.32. The molecule has 1 aromatic rings. The third-order valence-corrected chi connectivity index (χ3v) is 3.92. The van der Waals surface area contributed by atoms with Crippen molar-refractivity contribution in [1.29, 1.82) is 0 Å². The first-order valence-electron chi connectivity index (χ1n) is 5.36. The Bertz CT molecular complexity index is 513. The molecular weight excluding hydrogens is 240 g/mol. The summed E-state index contributed by atoms with van der Waals surface area (Å²) in [5.74, 6) is 0. The molecule has 1 atom stereocenters. The fourth-order valence-corrected chi connectivity index (χ4v) is 2.73. The predicted octanol–water partition coefficient (Wildman–Crippen LogP) is 0.943. The lowest BCUT2D eigenvalue weighted by Crippen LogP contribution is -2.26. The summed E-state index contributed by atoms with van der Waals surface area (Å²) in [6.07, 6.45) is 1.23. The van der Waals surface area contributed by atoms with Gasteiger partial charge in [-0.05, 0) is 12.1 Å². The molecule has 0 amide bonds. The van der Waals surface area contributed by atoms with Gasteiger partial charge in [0.05, 0.1) is 22.4 Å². The van der Waals surface area contributed by atoms with E-state index >= 15 is 0 Å². The highest BCUT2D eigenvalue weighted by Crippen LogP contribution is 2.31. The molecule has 0 spiro atoms. The largest absolute Gasteiger partial charge is 0.381 e. The Morgan fingerprint density at radius 3 is 2.65 bits per heavy atom. The van der Waals surface area contributed by atoms with Crippen LogP contribution >= 0.6 is 0 Å². The summed E-state index contributed by atoms with van der Waals surface area (Å²) in [4.78, 5) is 0.319. The van der Waals surface area contributed by atoms with Crippen LogP contribution in [0.4, 0.5) is 11.4 Å². The van der Waals surface area contributed by atoms with Gasteiger partial charge in [-0.25, -0.2) is 8.42 Å². The lowest BCUT2D eigenvalue weighted by molar-refractivity contribution is 0.124. The molecule has 6 heteroatoms. The third kappa shape index (κ3) is 2.53. The molecule has 94 valence electrons. The zero-order valence-electron chi connectivity index (χ0n) is 9.86. The highest BCUT2D eigenvalue weighted by Gasteiger charge is 2.20. The van der Waals surface area contributed by atoms with E-state index in [1.807, 2.05) is 6.07 Å². The van der Waals surface area contributed by atoms with E-state index < -0.39 is 9.84 Å². The van der Waals surface area contributed by atoms with Gasteiger partial charge < -0.3 is 15.4 Å². The topological polar surface area (TPSA) is 67.4 Å². The Hall–Kier alpha value is -1.27. The first-order valence-corrected chi connectivity index (χ1v) is 7.25. The van der Waals surface area contributed by atoms with E-state index in [0.717, 1.165) is 5.69 Å². The second kappa shape index (κ2) is 4.54. The van der Waals surface area contributed by atoms with Crippen LogP contribution in [0.2, 0.25) is 0 Å². The van der Waals surface area contributed by atoms with Gasteiger partial charge in [0.2, 0.25) is 0 Å². The summed E-state index contributed by atoms with van der Waals surface area (Å²) in [7, 11) is -1.59.